The van der Waals surface area contributed by atoms with E-state index in [0.717, 1.165) is 23.1 Å². The standard InChI is InChI=1S/C9H12N4OS2/c1-3-13-8(11-12-9(13)15)6-5-16-7(10-6)4-14-2/h5H,3-4H2,1-2H3,(H,12,15). The molecule has 2 aromatic heterocycles. The van der Waals surface area contributed by atoms with E-state index in [1.165, 1.54) is 0 Å². The summed E-state index contributed by atoms with van der Waals surface area (Å²) in [6, 6.07) is 0. The third kappa shape index (κ3) is 2.06. The van der Waals surface area contributed by atoms with Gasteiger partial charge in [-0.1, -0.05) is 0 Å². The van der Waals surface area contributed by atoms with Crippen molar-refractivity contribution in [1.82, 2.24) is 19.7 Å². The molecule has 0 aliphatic carbocycles. The second kappa shape index (κ2) is 4.86. The number of nitrogens with zero attached hydrogens (tertiary/aromatic N) is 3. The molecule has 0 bridgehead atoms. The van der Waals surface area contributed by atoms with Crippen LogP contribution in [-0.4, -0.2) is 26.9 Å². The fraction of sp³-hybridized carbons (Fsp3) is 0.444. The van der Waals surface area contributed by atoms with Gasteiger partial charge in [-0.3, -0.25) is 9.67 Å². The van der Waals surface area contributed by atoms with E-state index in [1.54, 1.807) is 18.4 Å². The molecule has 7 heteroatoms. The van der Waals surface area contributed by atoms with E-state index in [2.05, 4.69) is 15.2 Å². The van der Waals surface area contributed by atoms with Crippen molar-refractivity contribution in [3.8, 4) is 11.5 Å². The number of ether oxygens (including phenoxy) is 1. The van der Waals surface area contributed by atoms with Crippen molar-refractivity contribution < 1.29 is 4.74 Å². The van der Waals surface area contributed by atoms with Gasteiger partial charge in [0.1, 0.15) is 10.7 Å². The number of aromatic nitrogens is 4. The Morgan fingerprint density at radius 1 is 1.62 bits per heavy atom. The topological polar surface area (TPSA) is 55.7 Å². The van der Waals surface area contributed by atoms with Crippen LogP contribution in [0.1, 0.15) is 11.9 Å². The highest BCUT2D eigenvalue weighted by molar-refractivity contribution is 7.71. The van der Waals surface area contributed by atoms with Crippen molar-refractivity contribution in [2.45, 2.75) is 20.1 Å². The predicted molar refractivity (Wildman–Crippen MR) is 64.9 cm³/mol. The normalized spacial score (nSPS) is 10.9. The number of rotatable bonds is 4. The Balaban J connectivity index is 2.38. The Morgan fingerprint density at radius 3 is 3.12 bits per heavy atom. The Kier molecular flexibility index (Phi) is 3.47. The van der Waals surface area contributed by atoms with Gasteiger partial charge in [-0.2, -0.15) is 5.10 Å². The molecule has 0 amide bonds. The lowest BCUT2D eigenvalue weighted by atomic mass is 10.4. The zero-order chi connectivity index (χ0) is 11.5. The fourth-order valence-corrected chi connectivity index (χ4v) is 2.41. The van der Waals surface area contributed by atoms with Crippen molar-refractivity contribution in [1.29, 1.82) is 0 Å². The highest BCUT2D eigenvalue weighted by Gasteiger charge is 2.11. The number of hydrogen-bond donors (Lipinski definition) is 1. The molecule has 0 fully saturated rings. The molecule has 5 nitrogen and oxygen atoms in total. The average Bonchev–Trinajstić information content (AvgIpc) is 2.85. The summed E-state index contributed by atoms with van der Waals surface area (Å²) in [7, 11) is 1.66. The van der Waals surface area contributed by atoms with Crippen LogP contribution in [0.2, 0.25) is 0 Å². The molecule has 2 rings (SSSR count). The number of hydrogen-bond acceptors (Lipinski definition) is 5. The lowest BCUT2D eigenvalue weighted by Gasteiger charge is -1.99. The lowest BCUT2D eigenvalue weighted by Crippen LogP contribution is -1.98. The van der Waals surface area contributed by atoms with E-state index in [-0.39, 0.29) is 0 Å². The molecule has 0 saturated heterocycles. The summed E-state index contributed by atoms with van der Waals surface area (Å²) in [5.74, 6) is 0.783. The maximum Gasteiger partial charge on any atom is 0.195 e. The molecule has 2 aromatic rings. The average molecular weight is 256 g/mol. The first kappa shape index (κ1) is 11.4. The molecule has 0 saturated carbocycles. The van der Waals surface area contributed by atoms with Crippen LogP contribution in [0, 0.1) is 4.77 Å². The van der Waals surface area contributed by atoms with E-state index in [4.69, 9.17) is 17.0 Å². The highest BCUT2D eigenvalue weighted by atomic mass is 32.1. The first-order valence-corrected chi connectivity index (χ1v) is 6.14. The molecular formula is C9H12N4OS2. The first-order chi connectivity index (χ1) is 7.76. The second-order valence-electron chi connectivity index (χ2n) is 3.16. The third-order valence-corrected chi connectivity index (χ3v) is 3.26. The minimum absolute atomic E-state index is 0.530. The van der Waals surface area contributed by atoms with Gasteiger partial charge >= 0.3 is 0 Å². The van der Waals surface area contributed by atoms with Gasteiger partial charge in [0, 0.05) is 19.0 Å². The Bertz CT molecular complexity index is 528. The summed E-state index contributed by atoms with van der Waals surface area (Å²) in [6.07, 6.45) is 0. The Labute approximate surface area is 102 Å². The number of nitrogens with one attached hydrogen (secondary N) is 1. The molecule has 0 radical (unpaired) electrons. The van der Waals surface area contributed by atoms with Gasteiger partial charge in [0.15, 0.2) is 10.6 Å². The zero-order valence-corrected chi connectivity index (χ0v) is 10.7. The van der Waals surface area contributed by atoms with Crippen LogP contribution in [0.25, 0.3) is 11.5 Å². The molecule has 0 aliphatic heterocycles. The van der Waals surface area contributed by atoms with Crippen LogP contribution in [0.3, 0.4) is 0 Å². The van der Waals surface area contributed by atoms with Gasteiger partial charge in [0.2, 0.25) is 0 Å². The summed E-state index contributed by atoms with van der Waals surface area (Å²) in [6.45, 7) is 3.33. The molecule has 0 atom stereocenters. The zero-order valence-electron chi connectivity index (χ0n) is 9.06. The molecule has 0 spiro atoms. The molecule has 1 N–H and O–H groups in total. The molecule has 86 valence electrons. The molecule has 2 heterocycles. The molecule has 0 aromatic carbocycles. The van der Waals surface area contributed by atoms with Gasteiger partial charge < -0.3 is 4.74 Å². The summed E-state index contributed by atoms with van der Waals surface area (Å²) < 4.78 is 7.57. The van der Waals surface area contributed by atoms with Crippen LogP contribution in [0.4, 0.5) is 0 Å². The third-order valence-electron chi connectivity index (χ3n) is 2.12. The van der Waals surface area contributed by atoms with E-state index in [9.17, 15) is 0 Å². The van der Waals surface area contributed by atoms with Crippen molar-refractivity contribution in [2.24, 2.45) is 0 Å². The molecular weight excluding hydrogens is 244 g/mol. The van der Waals surface area contributed by atoms with Gasteiger partial charge in [-0.05, 0) is 19.1 Å². The molecule has 0 unspecified atom stereocenters. The summed E-state index contributed by atoms with van der Waals surface area (Å²) in [5, 5.41) is 9.86. The quantitative estimate of drug-likeness (QED) is 0.852. The van der Waals surface area contributed by atoms with E-state index in [1.807, 2.05) is 16.9 Å². The Morgan fingerprint density at radius 2 is 2.44 bits per heavy atom. The van der Waals surface area contributed by atoms with Crippen LogP contribution in [0.5, 0.6) is 0 Å². The second-order valence-corrected chi connectivity index (χ2v) is 4.49. The predicted octanol–water partition coefficient (Wildman–Crippen LogP) is 2.23. The van der Waals surface area contributed by atoms with E-state index >= 15 is 0 Å². The van der Waals surface area contributed by atoms with Crippen LogP contribution in [-0.2, 0) is 17.9 Å². The van der Waals surface area contributed by atoms with Crippen LogP contribution >= 0.6 is 23.6 Å². The monoisotopic (exact) mass is 256 g/mol. The summed E-state index contributed by atoms with van der Waals surface area (Å²) in [4.78, 5) is 4.44. The number of thiazole rings is 1. The summed E-state index contributed by atoms with van der Waals surface area (Å²) >= 11 is 6.69. The highest BCUT2D eigenvalue weighted by Crippen LogP contribution is 2.20. The van der Waals surface area contributed by atoms with Crippen molar-refractivity contribution in [2.75, 3.05) is 7.11 Å². The summed E-state index contributed by atoms with van der Waals surface area (Å²) in [5.41, 5.74) is 0.839. The van der Waals surface area contributed by atoms with Crippen molar-refractivity contribution >= 4 is 23.6 Å². The van der Waals surface area contributed by atoms with Gasteiger partial charge in [0.05, 0.1) is 6.61 Å². The Hall–Kier alpha value is -1.05. The minimum Gasteiger partial charge on any atom is -0.378 e. The first-order valence-electron chi connectivity index (χ1n) is 4.85. The van der Waals surface area contributed by atoms with Crippen molar-refractivity contribution in [3.05, 3.63) is 15.2 Å². The van der Waals surface area contributed by atoms with Gasteiger partial charge in [-0.15, -0.1) is 11.3 Å². The van der Waals surface area contributed by atoms with Crippen molar-refractivity contribution in [3.63, 3.8) is 0 Å². The maximum absolute atomic E-state index is 5.13. The maximum atomic E-state index is 5.13. The number of H-pyrrole nitrogens is 1. The smallest absolute Gasteiger partial charge is 0.195 e. The van der Waals surface area contributed by atoms with Crippen LogP contribution in [0.15, 0.2) is 5.38 Å². The SMILES string of the molecule is CCn1c(-c2csc(COC)n2)n[nH]c1=S. The molecule has 16 heavy (non-hydrogen) atoms. The van der Waals surface area contributed by atoms with Gasteiger partial charge in [0.25, 0.3) is 0 Å². The lowest BCUT2D eigenvalue weighted by molar-refractivity contribution is 0.184. The van der Waals surface area contributed by atoms with E-state index < -0.39 is 0 Å². The fourth-order valence-electron chi connectivity index (χ4n) is 1.41. The van der Waals surface area contributed by atoms with Gasteiger partial charge in [-0.25, -0.2) is 4.98 Å². The molecule has 0 aliphatic rings. The number of methoxy groups -OCH3 is 1. The number of aromatic amines is 1. The largest absolute Gasteiger partial charge is 0.378 e. The minimum atomic E-state index is 0.530. The van der Waals surface area contributed by atoms with Crippen LogP contribution < -0.4 is 0 Å². The van der Waals surface area contributed by atoms with E-state index in [0.29, 0.717) is 11.4 Å².